The van der Waals surface area contributed by atoms with Crippen LogP contribution in [0.1, 0.15) is 45.1 Å². The Morgan fingerprint density at radius 1 is 1.29 bits per heavy atom. The standard InChI is InChI=1S/C18H23F2N3O/c1-17(2,24)15-5-3-4-14(10-15)16-12-23(22-21-16)11-13-6-8-18(19,20)9-7-13/h3-5,10,12-13,24H,6-9,11H2,1-2H3. The fraction of sp³-hybridized carbons (Fsp3) is 0.556. The summed E-state index contributed by atoms with van der Waals surface area (Å²) in [6.45, 7) is 4.10. The molecule has 0 saturated heterocycles. The van der Waals surface area contributed by atoms with Gasteiger partial charge >= 0.3 is 0 Å². The van der Waals surface area contributed by atoms with E-state index < -0.39 is 11.5 Å². The summed E-state index contributed by atoms with van der Waals surface area (Å²) >= 11 is 0. The molecule has 0 spiro atoms. The van der Waals surface area contributed by atoms with Gasteiger partial charge in [0.1, 0.15) is 5.69 Å². The lowest BCUT2D eigenvalue weighted by Gasteiger charge is -2.27. The van der Waals surface area contributed by atoms with E-state index in [1.165, 1.54) is 0 Å². The minimum atomic E-state index is -2.50. The van der Waals surface area contributed by atoms with Crippen molar-refractivity contribution in [3.8, 4) is 11.3 Å². The Kier molecular flexibility index (Phi) is 4.42. The maximum absolute atomic E-state index is 13.2. The van der Waals surface area contributed by atoms with Crippen LogP contribution in [-0.4, -0.2) is 26.0 Å². The van der Waals surface area contributed by atoms with E-state index in [0.29, 0.717) is 19.4 Å². The highest BCUT2D eigenvalue weighted by atomic mass is 19.3. The molecule has 1 heterocycles. The van der Waals surface area contributed by atoms with Crippen LogP contribution >= 0.6 is 0 Å². The quantitative estimate of drug-likeness (QED) is 0.919. The van der Waals surface area contributed by atoms with E-state index in [1.807, 2.05) is 30.5 Å². The highest BCUT2D eigenvalue weighted by Gasteiger charge is 2.35. The van der Waals surface area contributed by atoms with Crippen molar-refractivity contribution in [3.63, 3.8) is 0 Å². The summed E-state index contributed by atoms with van der Waals surface area (Å²) in [5, 5.41) is 18.4. The smallest absolute Gasteiger partial charge is 0.248 e. The van der Waals surface area contributed by atoms with Gasteiger partial charge in [-0.1, -0.05) is 23.4 Å². The molecule has 0 unspecified atom stereocenters. The van der Waals surface area contributed by atoms with Crippen LogP contribution < -0.4 is 0 Å². The molecule has 1 aliphatic carbocycles. The zero-order valence-corrected chi connectivity index (χ0v) is 14.0. The first-order chi connectivity index (χ1) is 11.2. The highest BCUT2D eigenvalue weighted by Crippen LogP contribution is 2.36. The van der Waals surface area contributed by atoms with E-state index >= 15 is 0 Å². The van der Waals surface area contributed by atoms with Crippen molar-refractivity contribution >= 4 is 0 Å². The van der Waals surface area contributed by atoms with Crippen molar-refractivity contribution in [1.29, 1.82) is 0 Å². The topological polar surface area (TPSA) is 50.9 Å². The van der Waals surface area contributed by atoms with Gasteiger partial charge in [-0.05, 0) is 44.2 Å². The zero-order chi connectivity index (χ0) is 17.4. The first-order valence-corrected chi connectivity index (χ1v) is 8.34. The molecule has 1 aromatic carbocycles. The molecule has 1 N–H and O–H groups in total. The predicted molar refractivity (Wildman–Crippen MR) is 87.6 cm³/mol. The normalized spacial score (nSPS) is 18.7. The Morgan fingerprint density at radius 3 is 2.67 bits per heavy atom. The summed E-state index contributed by atoms with van der Waals surface area (Å²) in [5.74, 6) is -2.27. The van der Waals surface area contributed by atoms with Crippen molar-refractivity contribution < 1.29 is 13.9 Å². The van der Waals surface area contributed by atoms with Crippen LogP contribution in [0.25, 0.3) is 11.3 Å². The summed E-state index contributed by atoms with van der Waals surface area (Å²) in [6, 6.07) is 7.57. The summed E-state index contributed by atoms with van der Waals surface area (Å²) in [4.78, 5) is 0. The summed E-state index contributed by atoms with van der Waals surface area (Å²) < 4.78 is 28.2. The average Bonchev–Trinajstić information content (AvgIpc) is 2.97. The van der Waals surface area contributed by atoms with Crippen LogP contribution in [0.2, 0.25) is 0 Å². The molecule has 1 aromatic heterocycles. The Balaban J connectivity index is 1.70. The van der Waals surface area contributed by atoms with Crippen molar-refractivity contribution in [2.45, 2.75) is 57.6 Å². The molecule has 130 valence electrons. The van der Waals surface area contributed by atoms with Crippen molar-refractivity contribution in [2.75, 3.05) is 0 Å². The molecule has 3 rings (SSSR count). The molecule has 1 aliphatic rings. The van der Waals surface area contributed by atoms with E-state index in [9.17, 15) is 13.9 Å². The Labute approximate surface area is 140 Å². The van der Waals surface area contributed by atoms with Crippen molar-refractivity contribution in [3.05, 3.63) is 36.0 Å². The first kappa shape index (κ1) is 17.0. The summed E-state index contributed by atoms with van der Waals surface area (Å²) in [6.07, 6.45) is 2.82. The van der Waals surface area contributed by atoms with Gasteiger partial charge in [0.25, 0.3) is 0 Å². The minimum absolute atomic E-state index is 0.0349. The monoisotopic (exact) mass is 335 g/mol. The van der Waals surface area contributed by atoms with E-state index in [2.05, 4.69) is 10.3 Å². The fourth-order valence-electron chi connectivity index (χ4n) is 3.13. The number of rotatable bonds is 4. The lowest BCUT2D eigenvalue weighted by molar-refractivity contribution is -0.0476. The molecular weight excluding hydrogens is 312 g/mol. The largest absolute Gasteiger partial charge is 0.386 e. The lowest BCUT2D eigenvalue weighted by Crippen LogP contribution is -2.26. The Hall–Kier alpha value is -1.82. The second kappa shape index (κ2) is 6.24. The SMILES string of the molecule is CC(C)(O)c1cccc(-c2cn(CC3CCC(F)(F)CC3)nn2)c1. The molecule has 24 heavy (non-hydrogen) atoms. The maximum atomic E-state index is 13.2. The van der Waals surface area contributed by atoms with Crippen molar-refractivity contribution in [1.82, 2.24) is 15.0 Å². The van der Waals surface area contributed by atoms with Gasteiger partial charge in [-0.2, -0.15) is 0 Å². The van der Waals surface area contributed by atoms with Crippen LogP contribution in [0.5, 0.6) is 0 Å². The fourth-order valence-corrected chi connectivity index (χ4v) is 3.13. The molecule has 4 nitrogen and oxygen atoms in total. The van der Waals surface area contributed by atoms with Gasteiger partial charge < -0.3 is 5.11 Å². The van der Waals surface area contributed by atoms with Gasteiger partial charge in [-0.3, -0.25) is 4.68 Å². The van der Waals surface area contributed by atoms with E-state index in [4.69, 9.17) is 0 Å². The Bertz CT molecular complexity index is 696. The number of halogens is 2. The van der Waals surface area contributed by atoms with Crippen LogP contribution in [0.15, 0.2) is 30.5 Å². The van der Waals surface area contributed by atoms with Crippen LogP contribution in [0.4, 0.5) is 8.78 Å². The van der Waals surface area contributed by atoms with Gasteiger partial charge in [0.15, 0.2) is 0 Å². The third-order valence-electron chi connectivity index (χ3n) is 4.69. The van der Waals surface area contributed by atoms with Gasteiger partial charge in [-0.15, -0.1) is 5.10 Å². The summed E-state index contributed by atoms with van der Waals surface area (Å²) in [7, 11) is 0. The first-order valence-electron chi connectivity index (χ1n) is 8.34. The van der Waals surface area contributed by atoms with E-state index in [0.717, 1.165) is 16.8 Å². The molecule has 0 radical (unpaired) electrons. The number of aromatic nitrogens is 3. The van der Waals surface area contributed by atoms with Gasteiger partial charge in [0.2, 0.25) is 5.92 Å². The molecule has 1 fully saturated rings. The average molecular weight is 335 g/mol. The van der Waals surface area contributed by atoms with Gasteiger partial charge in [0, 0.05) is 24.9 Å². The summed E-state index contributed by atoms with van der Waals surface area (Å²) in [5.41, 5.74) is 1.50. The van der Waals surface area contributed by atoms with Crippen LogP contribution in [0.3, 0.4) is 0 Å². The number of aliphatic hydroxyl groups is 1. The van der Waals surface area contributed by atoms with Crippen LogP contribution in [-0.2, 0) is 12.1 Å². The molecule has 0 bridgehead atoms. The maximum Gasteiger partial charge on any atom is 0.248 e. The number of benzene rings is 1. The van der Waals surface area contributed by atoms with Gasteiger partial charge in [0.05, 0.1) is 11.8 Å². The van der Waals surface area contributed by atoms with E-state index in [-0.39, 0.29) is 18.8 Å². The second-order valence-electron chi connectivity index (χ2n) is 7.26. The third kappa shape index (κ3) is 3.98. The number of hydrogen-bond acceptors (Lipinski definition) is 3. The number of nitrogens with zero attached hydrogens (tertiary/aromatic N) is 3. The second-order valence-corrected chi connectivity index (χ2v) is 7.26. The number of alkyl halides is 2. The highest BCUT2D eigenvalue weighted by molar-refractivity contribution is 5.59. The molecule has 0 aliphatic heterocycles. The lowest BCUT2D eigenvalue weighted by atomic mass is 9.87. The zero-order valence-electron chi connectivity index (χ0n) is 14.0. The van der Waals surface area contributed by atoms with E-state index in [1.54, 1.807) is 18.5 Å². The van der Waals surface area contributed by atoms with Gasteiger partial charge in [-0.25, -0.2) is 8.78 Å². The molecule has 6 heteroatoms. The minimum Gasteiger partial charge on any atom is -0.386 e. The molecule has 1 saturated carbocycles. The molecular formula is C18H23F2N3O. The molecule has 0 amide bonds. The molecule has 0 atom stereocenters. The van der Waals surface area contributed by atoms with Crippen molar-refractivity contribution in [2.24, 2.45) is 5.92 Å². The molecule has 2 aromatic rings. The van der Waals surface area contributed by atoms with Crippen LogP contribution in [0, 0.1) is 5.92 Å². The predicted octanol–water partition coefficient (Wildman–Crippen LogP) is 4.00. The third-order valence-corrected chi connectivity index (χ3v) is 4.69. The Morgan fingerprint density at radius 2 is 2.00 bits per heavy atom. The number of hydrogen-bond donors (Lipinski definition) is 1.